The third-order valence-electron chi connectivity index (χ3n) is 8.89. The maximum absolute atomic E-state index is 15.0. The van der Waals surface area contributed by atoms with Crippen LogP contribution < -0.4 is 0 Å². The zero-order valence-electron chi connectivity index (χ0n) is 22.2. The number of likely N-dealkylation sites (tertiary alicyclic amines) is 1. The number of amides is 1. The van der Waals surface area contributed by atoms with Gasteiger partial charge in [0.05, 0.1) is 10.9 Å². The van der Waals surface area contributed by atoms with Crippen LogP contribution >= 0.6 is 0 Å². The quantitative estimate of drug-likeness (QED) is 0.356. The number of hydrogen-bond donors (Lipinski definition) is 0. The van der Waals surface area contributed by atoms with E-state index in [0.717, 1.165) is 30.3 Å². The summed E-state index contributed by atoms with van der Waals surface area (Å²) >= 11 is 0. The molecule has 0 aromatic heterocycles. The lowest BCUT2D eigenvalue weighted by Gasteiger charge is -2.44. The number of carbonyl (C=O) groups is 1. The molecule has 42 heavy (non-hydrogen) atoms. The van der Waals surface area contributed by atoms with Gasteiger partial charge in [-0.1, -0.05) is 37.3 Å². The highest BCUT2D eigenvalue weighted by atomic mass is 32.2. The maximum atomic E-state index is 15.0. The molecule has 2 aromatic carbocycles. The predicted molar refractivity (Wildman–Crippen MR) is 135 cm³/mol. The van der Waals surface area contributed by atoms with E-state index in [1.807, 2.05) is 6.92 Å². The van der Waals surface area contributed by atoms with Crippen molar-refractivity contribution in [3.8, 4) is 0 Å². The number of rotatable bonds is 4. The summed E-state index contributed by atoms with van der Waals surface area (Å²) in [5.74, 6) is -1.77. The fourth-order valence-electron chi connectivity index (χ4n) is 6.75. The van der Waals surface area contributed by atoms with Crippen molar-refractivity contribution in [3.63, 3.8) is 0 Å². The molecule has 1 fully saturated rings. The molecule has 1 heterocycles. The Bertz CT molecular complexity index is 1520. The number of hydrogen-bond acceptors (Lipinski definition) is 3. The number of carbonyl (C=O) groups excluding carboxylic acids is 1. The first-order valence-electron chi connectivity index (χ1n) is 13.3. The van der Waals surface area contributed by atoms with Gasteiger partial charge in [-0.2, -0.15) is 26.3 Å². The third kappa shape index (κ3) is 4.36. The molecular weight excluding hydrogens is 594 g/mol. The van der Waals surface area contributed by atoms with E-state index >= 15 is 0 Å². The van der Waals surface area contributed by atoms with E-state index in [4.69, 9.17) is 0 Å². The molecule has 2 aromatic rings. The van der Waals surface area contributed by atoms with Gasteiger partial charge in [-0.3, -0.25) is 4.79 Å². The lowest BCUT2D eigenvalue weighted by Crippen LogP contribution is -2.54. The van der Waals surface area contributed by atoms with Crippen molar-refractivity contribution in [2.75, 3.05) is 6.54 Å². The van der Waals surface area contributed by atoms with Gasteiger partial charge < -0.3 is 4.90 Å². The number of fused-ring (bicyclic) bond motifs is 3. The molecule has 13 heteroatoms. The second-order valence-electron chi connectivity index (χ2n) is 11.1. The topological polar surface area (TPSA) is 54.5 Å². The smallest absolute Gasteiger partial charge is 0.337 e. The second-order valence-corrected chi connectivity index (χ2v) is 13.4. The van der Waals surface area contributed by atoms with Gasteiger partial charge in [0.2, 0.25) is 5.91 Å². The molecule has 1 saturated heterocycles. The number of nitrogens with zero attached hydrogens (tertiary/aromatic N) is 1. The SMILES string of the molecule is C[C@H]1C[C]=CC[C@H]1C(=O)N1CCC2(S(=O)(=O)c3cccc(F)c3)c3ccc(C(F)(C(F)(F)F)C(F)(F)F)cc3CCC12. The molecule has 1 radical (unpaired) electrons. The highest BCUT2D eigenvalue weighted by molar-refractivity contribution is 7.92. The zero-order chi connectivity index (χ0) is 30.9. The van der Waals surface area contributed by atoms with Crippen molar-refractivity contribution >= 4 is 15.7 Å². The number of benzene rings is 2. The zero-order valence-corrected chi connectivity index (χ0v) is 23.0. The van der Waals surface area contributed by atoms with Crippen LogP contribution in [-0.2, 0) is 31.5 Å². The van der Waals surface area contributed by atoms with Gasteiger partial charge in [0, 0.05) is 18.0 Å². The van der Waals surface area contributed by atoms with Crippen LogP contribution in [0.5, 0.6) is 0 Å². The van der Waals surface area contributed by atoms with Gasteiger partial charge in [0.25, 0.3) is 0 Å². The lowest BCUT2D eigenvalue weighted by atomic mass is 9.76. The van der Waals surface area contributed by atoms with E-state index in [2.05, 4.69) is 6.08 Å². The van der Waals surface area contributed by atoms with E-state index in [1.54, 1.807) is 6.08 Å². The van der Waals surface area contributed by atoms with Crippen molar-refractivity contribution in [2.45, 2.75) is 72.7 Å². The van der Waals surface area contributed by atoms with E-state index in [9.17, 15) is 48.3 Å². The summed E-state index contributed by atoms with van der Waals surface area (Å²) in [6.45, 7) is 1.80. The highest BCUT2D eigenvalue weighted by Crippen LogP contribution is 2.57. The van der Waals surface area contributed by atoms with Gasteiger partial charge >= 0.3 is 18.0 Å². The Morgan fingerprint density at radius 2 is 1.71 bits per heavy atom. The van der Waals surface area contributed by atoms with Crippen LogP contribution in [0.4, 0.5) is 35.1 Å². The average Bonchev–Trinajstić information content (AvgIpc) is 3.32. The highest BCUT2D eigenvalue weighted by Gasteiger charge is 2.74. The molecule has 0 N–H and O–H groups in total. The fraction of sp³-hybridized carbons (Fsp3) is 0.483. The number of allylic oxidation sites excluding steroid dienone is 2. The fourth-order valence-corrected chi connectivity index (χ4v) is 9.15. The number of halogens is 8. The molecule has 4 atom stereocenters. The first-order valence-corrected chi connectivity index (χ1v) is 14.8. The summed E-state index contributed by atoms with van der Waals surface area (Å²) < 4.78 is 137. The van der Waals surface area contributed by atoms with Gasteiger partial charge in [0.1, 0.15) is 10.6 Å². The Morgan fingerprint density at radius 3 is 2.33 bits per heavy atom. The van der Waals surface area contributed by atoms with E-state index in [-0.39, 0.29) is 48.8 Å². The van der Waals surface area contributed by atoms with Crippen molar-refractivity contribution in [2.24, 2.45) is 11.8 Å². The monoisotopic (exact) mass is 620 g/mol. The Labute approximate surface area is 237 Å². The molecule has 227 valence electrons. The Balaban J connectivity index is 1.69. The van der Waals surface area contributed by atoms with Crippen LogP contribution in [0.25, 0.3) is 0 Å². The van der Waals surface area contributed by atoms with E-state index in [0.29, 0.717) is 25.0 Å². The molecule has 5 rings (SSSR count). The molecule has 0 bridgehead atoms. The molecule has 1 amide bonds. The Hall–Kier alpha value is -2.96. The van der Waals surface area contributed by atoms with Crippen LogP contribution in [0.1, 0.15) is 49.3 Å². The molecule has 4 nitrogen and oxygen atoms in total. The van der Waals surface area contributed by atoms with Crippen molar-refractivity contribution < 1.29 is 48.3 Å². The summed E-state index contributed by atoms with van der Waals surface area (Å²) in [5, 5.41) is 0. The summed E-state index contributed by atoms with van der Waals surface area (Å²) in [7, 11) is -4.60. The van der Waals surface area contributed by atoms with E-state index in [1.165, 1.54) is 4.90 Å². The minimum Gasteiger partial charge on any atom is -0.337 e. The summed E-state index contributed by atoms with van der Waals surface area (Å²) in [6, 6.07) is 4.56. The third-order valence-corrected chi connectivity index (χ3v) is 11.4. The maximum Gasteiger partial charge on any atom is 0.435 e. The van der Waals surface area contributed by atoms with Crippen molar-refractivity contribution in [3.05, 3.63) is 77.1 Å². The van der Waals surface area contributed by atoms with Crippen LogP contribution in [0.15, 0.2) is 53.4 Å². The number of sulfone groups is 1. The van der Waals surface area contributed by atoms with Gasteiger partial charge in [-0.15, -0.1) is 0 Å². The van der Waals surface area contributed by atoms with Crippen LogP contribution in [0, 0.1) is 23.7 Å². The normalized spacial score (nSPS) is 26.6. The summed E-state index contributed by atoms with van der Waals surface area (Å²) in [5.41, 5.74) is -7.75. The molecule has 2 unspecified atom stereocenters. The van der Waals surface area contributed by atoms with Gasteiger partial charge in [-0.05, 0) is 73.4 Å². The molecular formula is C29H26F8NO3S. The van der Waals surface area contributed by atoms with Crippen LogP contribution in [0.2, 0.25) is 0 Å². The van der Waals surface area contributed by atoms with Gasteiger partial charge in [-0.25, -0.2) is 17.2 Å². The number of alkyl halides is 7. The predicted octanol–water partition coefficient (Wildman–Crippen LogP) is 6.74. The molecule has 2 aliphatic carbocycles. The second kappa shape index (κ2) is 10.1. The molecule has 0 saturated carbocycles. The molecule has 1 aliphatic heterocycles. The van der Waals surface area contributed by atoms with Crippen molar-refractivity contribution in [1.29, 1.82) is 0 Å². The average molecular weight is 621 g/mol. The summed E-state index contributed by atoms with van der Waals surface area (Å²) in [4.78, 5) is 14.7. The van der Waals surface area contributed by atoms with Crippen LogP contribution in [-0.4, -0.2) is 44.2 Å². The first kappa shape index (κ1) is 30.5. The standard InChI is InChI=1S/C29H26F8NO3S/c1-17-5-2-3-8-22(17)25(39)38-14-13-26(42(40,41)21-7-4-6-20(30)16-21)23-11-10-19(15-18(23)9-12-24(26)38)27(31,28(32,33)34)29(35,36)37/h3-4,6-7,10-11,15-17,22,24H,5,8-9,12-14H2,1H3/t17-,22+,24?,26?/m0/s1. The largest absolute Gasteiger partial charge is 0.435 e. The molecule has 0 spiro atoms. The Morgan fingerprint density at radius 1 is 1.02 bits per heavy atom. The first-order chi connectivity index (χ1) is 19.5. The number of aryl methyl sites for hydroxylation is 1. The van der Waals surface area contributed by atoms with Gasteiger partial charge in [0.15, 0.2) is 9.84 Å². The van der Waals surface area contributed by atoms with Crippen molar-refractivity contribution in [1.82, 2.24) is 4.90 Å². The lowest BCUT2D eigenvalue weighted by molar-refractivity contribution is -0.348. The van der Waals surface area contributed by atoms with E-state index < -0.39 is 60.8 Å². The Kier molecular flexibility index (Phi) is 7.30. The molecule has 3 aliphatic rings. The van der Waals surface area contributed by atoms with Crippen LogP contribution in [0.3, 0.4) is 0 Å². The minimum atomic E-state index is -6.35. The summed E-state index contributed by atoms with van der Waals surface area (Å²) in [6.07, 6.45) is -7.59. The minimum absolute atomic E-state index is 0.0615.